The molecule has 0 N–H and O–H groups in total. The molecular formula is C17H22ClN3O. The van der Waals surface area contributed by atoms with Gasteiger partial charge in [-0.25, -0.2) is 0 Å². The first-order valence-corrected chi connectivity index (χ1v) is 8.35. The van der Waals surface area contributed by atoms with E-state index in [1.165, 1.54) is 0 Å². The normalized spacial score (nSPS) is 24.2. The summed E-state index contributed by atoms with van der Waals surface area (Å²) in [5, 5.41) is 9.98. The van der Waals surface area contributed by atoms with Crippen molar-refractivity contribution in [3.05, 3.63) is 28.8 Å². The van der Waals surface area contributed by atoms with Crippen LogP contribution in [0.3, 0.4) is 0 Å². The Morgan fingerprint density at radius 2 is 2.05 bits per heavy atom. The van der Waals surface area contributed by atoms with Crippen molar-refractivity contribution in [3.8, 4) is 6.07 Å². The predicted molar refractivity (Wildman–Crippen MR) is 88.4 cm³/mol. The molecule has 0 radical (unpaired) electrons. The van der Waals surface area contributed by atoms with E-state index in [0.29, 0.717) is 22.7 Å². The van der Waals surface area contributed by atoms with E-state index < -0.39 is 0 Å². The molecule has 1 aromatic rings. The third-order valence-corrected chi connectivity index (χ3v) is 4.91. The van der Waals surface area contributed by atoms with Gasteiger partial charge in [-0.2, -0.15) is 5.26 Å². The van der Waals surface area contributed by atoms with Crippen molar-refractivity contribution in [2.45, 2.75) is 31.9 Å². The maximum Gasteiger partial charge on any atom is 0.101 e. The average molecular weight is 320 g/mol. The molecule has 0 aromatic heterocycles. The first kappa shape index (κ1) is 15.6. The van der Waals surface area contributed by atoms with Crippen molar-refractivity contribution < 1.29 is 4.74 Å². The number of piperidine rings is 1. The van der Waals surface area contributed by atoms with E-state index in [1.807, 2.05) is 12.1 Å². The number of nitriles is 1. The first-order valence-electron chi connectivity index (χ1n) is 7.97. The summed E-state index contributed by atoms with van der Waals surface area (Å²) >= 11 is 6.10. The smallest absolute Gasteiger partial charge is 0.101 e. The largest absolute Gasteiger partial charge is 0.376 e. The molecule has 22 heavy (non-hydrogen) atoms. The van der Waals surface area contributed by atoms with E-state index >= 15 is 0 Å². The second kappa shape index (κ2) is 6.87. The minimum Gasteiger partial charge on any atom is -0.376 e. The summed E-state index contributed by atoms with van der Waals surface area (Å²) in [5.74, 6) is 0. The van der Waals surface area contributed by atoms with E-state index in [-0.39, 0.29) is 0 Å². The second-order valence-corrected chi connectivity index (χ2v) is 6.60. The quantitative estimate of drug-likeness (QED) is 0.840. The number of rotatable bonds is 2. The Bertz CT molecular complexity index is 564. The van der Waals surface area contributed by atoms with Crippen LogP contribution in [-0.2, 0) is 4.74 Å². The molecule has 5 heteroatoms. The third kappa shape index (κ3) is 3.38. The van der Waals surface area contributed by atoms with Crippen LogP contribution in [-0.4, -0.2) is 49.8 Å². The molecule has 1 atom stereocenters. The Hall–Kier alpha value is -1.28. The fourth-order valence-corrected chi connectivity index (χ4v) is 3.68. The molecule has 2 heterocycles. The maximum absolute atomic E-state index is 9.28. The van der Waals surface area contributed by atoms with Crippen LogP contribution in [0.25, 0.3) is 0 Å². The van der Waals surface area contributed by atoms with Crippen LogP contribution in [0.2, 0.25) is 5.02 Å². The van der Waals surface area contributed by atoms with Crippen LogP contribution in [0, 0.1) is 11.3 Å². The number of hydrogen-bond acceptors (Lipinski definition) is 4. The summed E-state index contributed by atoms with van der Waals surface area (Å²) in [5.41, 5.74) is 1.69. The highest BCUT2D eigenvalue weighted by atomic mass is 35.5. The number of ether oxygens (including phenoxy) is 1. The highest BCUT2D eigenvalue weighted by molar-refractivity contribution is 6.30. The molecule has 2 saturated heterocycles. The number of hydrogen-bond donors (Lipinski definition) is 0. The summed E-state index contributed by atoms with van der Waals surface area (Å²) in [7, 11) is 0. The van der Waals surface area contributed by atoms with Crippen LogP contribution >= 0.6 is 11.6 Å². The molecule has 3 rings (SSSR count). The van der Waals surface area contributed by atoms with Crippen LogP contribution < -0.4 is 4.90 Å². The van der Waals surface area contributed by atoms with Gasteiger partial charge in [0.2, 0.25) is 0 Å². The molecule has 0 bridgehead atoms. The Labute approximate surface area is 137 Å². The topological polar surface area (TPSA) is 39.5 Å². The lowest BCUT2D eigenvalue weighted by atomic mass is 10.0. The predicted octanol–water partition coefficient (Wildman–Crippen LogP) is 2.90. The van der Waals surface area contributed by atoms with Gasteiger partial charge in [0.15, 0.2) is 0 Å². The molecule has 0 amide bonds. The zero-order valence-electron chi connectivity index (χ0n) is 13.0. The van der Waals surface area contributed by atoms with Crippen molar-refractivity contribution in [3.63, 3.8) is 0 Å². The molecule has 2 aliphatic heterocycles. The summed E-state index contributed by atoms with van der Waals surface area (Å²) in [4.78, 5) is 4.86. The average Bonchev–Trinajstić information content (AvgIpc) is 2.55. The van der Waals surface area contributed by atoms with Crippen molar-refractivity contribution in [2.24, 2.45) is 0 Å². The Morgan fingerprint density at radius 1 is 1.27 bits per heavy atom. The lowest BCUT2D eigenvalue weighted by Crippen LogP contribution is -2.51. The standard InChI is InChI=1S/C17H22ClN3O/c1-13-12-21(8-9-22-13)16-4-6-20(7-5-16)17-10-15(18)3-2-14(17)11-19/h2-3,10,13,16H,4-9,12H2,1H3. The maximum atomic E-state index is 9.28. The Morgan fingerprint density at radius 3 is 2.73 bits per heavy atom. The molecule has 0 saturated carbocycles. The van der Waals surface area contributed by atoms with E-state index in [2.05, 4.69) is 22.8 Å². The highest BCUT2D eigenvalue weighted by Gasteiger charge is 2.28. The van der Waals surface area contributed by atoms with Crippen LogP contribution in [0.5, 0.6) is 0 Å². The lowest BCUT2D eigenvalue weighted by molar-refractivity contribution is -0.0373. The summed E-state index contributed by atoms with van der Waals surface area (Å²) in [6.45, 7) is 7.01. The van der Waals surface area contributed by atoms with Gasteiger partial charge in [-0.15, -0.1) is 0 Å². The van der Waals surface area contributed by atoms with Gasteiger partial charge in [-0.05, 0) is 38.0 Å². The number of halogens is 1. The molecule has 2 fully saturated rings. The fraction of sp³-hybridized carbons (Fsp3) is 0.588. The zero-order valence-corrected chi connectivity index (χ0v) is 13.7. The van der Waals surface area contributed by atoms with Gasteiger partial charge in [0, 0.05) is 37.2 Å². The molecule has 1 aromatic carbocycles. The van der Waals surface area contributed by atoms with Crippen molar-refractivity contribution in [1.82, 2.24) is 4.90 Å². The van der Waals surface area contributed by atoms with Gasteiger partial charge in [-0.1, -0.05) is 11.6 Å². The van der Waals surface area contributed by atoms with Crippen LogP contribution in [0.15, 0.2) is 18.2 Å². The minimum absolute atomic E-state index is 0.338. The molecular weight excluding hydrogens is 298 g/mol. The molecule has 4 nitrogen and oxygen atoms in total. The van der Waals surface area contributed by atoms with E-state index in [9.17, 15) is 5.26 Å². The molecule has 1 unspecified atom stereocenters. The zero-order chi connectivity index (χ0) is 15.5. The molecule has 0 aliphatic carbocycles. The van der Waals surface area contributed by atoms with Gasteiger partial charge >= 0.3 is 0 Å². The van der Waals surface area contributed by atoms with Crippen LogP contribution in [0.1, 0.15) is 25.3 Å². The molecule has 2 aliphatic rings. The fourth-order valence-electron chi connectivity index (χ4n) is 3.51. The number of anilines is 1. The van der Waals surface area contributed by atoms with Gasteiger partial charge in [0.25, 0.3) is 0 Å². The lowest BCUT2D eigenvalue weighted by Gasteiger charge is -2.42. The van der Waals surface area contributed by atoms with Crippen molar-refractivity contribution >= 4 is 17.3 Å². The van der Waals surface area contributed by atoms with Gasteiger partial charge in [0.1, 0.15) is 6.07 Å². The van der Waals surface area contributed by atoms with Gasteiger partial charge in [0.05, 0.1) is 24.0 Å². The van der Waals surface area contributed by atoms with Crippen LogP contribution in [0.4, 0.5) is 5.69 Å². The number of morpholine rings is 1. The Kier molecular flexibility index (Phi) is 4.87. The van der Waals surface area contributed by atoms with Crippen molar-refractivity contribution in [1.29, 1.82) is 5.26 Å². The monoisotopic (exact) mass is 319 g/mol. The first-order chi connectivity index (χ1) is 10.7. The number of nitrogens with zero attached hydrogens (tertiary/aromatic N) is 3. The number of benzene rings is 1. The summed E-state index contributed by atoms with van der Waals surface area (Å²) < 4.78 is 5.63. The van der Waals surface area contributed by atoms with Gasteiger partial charge in [-0.3, -0.25) is 4.90 Å². The third-order valence-electron chi connectivity index (χ3n) is 4.67. The van der Waals surface area contributed by atoms with Gasteiger partial charge < -0.3 is 9.64 Å². The van der Waals surface area contributed by atoms with E-state index in [1.54, 1.807) is 6.07 Å². The highest BCUT2D eigenvalue weighted by Crippen LogP contribution is 2.28. The molecule has 0 spiro atoms. The summed E-state index contributed by atoms with van der Waals surface area (Å²) in [6, 6.07) is 8.42. The SMILES string of the molecule is CC1CN(C2CCN(c3cc(Cl)ccc3C#N)CC2)CCO1. The minimum atomic E-state index is 0.338. The Balaban J connectivity index is 1.64. The summed E-state index contributed by atoms with van der Waals surface area (Å²) in [6.07, 6.45) is 2.60. The van der Waals surface area contributed by atoms with E-state index in [0.717, 1.165) is 51.3 Å². The van der Waals surface area contributed by atoms with E-state index in [4.69, 9.17) is 16.3 Å². The molecule has 118 valence electrons. The second-order valence-electron chi connectivity index (χ2n) is 6.17. The van der Waals surface area contributed by atoms with Crippen molar-refractivity contribution in [2.75, 3.05) is 37.7 Å².